The van der Waals surface area contributed by atoms with E-state index >= 15 is 0 Å². The first-order chi connectivity index (χ1) is 8.56. The third-order valence-corrected chi connectivity index (χ3v) is 3.01. The van der Waals surface area contributed by atoms with Gasteiger partial charge in [-0.2, -0.15) is 0 Å². The number of carboxylic acids is 1. The molecule has 0 aliphatic heterocycles. The van der Waals surface area contributed by atoms with Gasteiger partial charge in [0.05, 0.1) is 11.5 Å². The van der Waals surface area contributed by atoms with Gasteiger partial charge >= 0.3 is 0 Å². The molecule has 18 heavy (non-hydrogen) atoms. The lowest BCUT2D eigenvalue weighted by Gasteiger charge is -2.05. The summed E-state index contributed by atoms with van der Waals surface area (Å²) in [6, 6.07) is 6.61. The lowest BCUT2D eigenvalue weighted by molar-refractivity contribution is -0.255. The van der Waals surface area contributed by atoms with Crippen LogP contribution >= 0.6 is 0 Å². The van der Waals surface area contributed by atoms with Gasteiger partial charge in [-0.1, -0.05) is 6.07 Å². The predicted molar refractivity (Wildman–Crippen MR) is 65.3 cm³/mol. The summed E-state index contributed by atoms with van der Waals surface area (Å²) in [4.78, 5) is 15.3. The summed E-state index contributed by atoms with van der Waals surface area (Å²) in [6.45, 7) is 3.76. The summed E-state index contributed by atoms with van der Waals surface area (Å²) in [6.07, 6.45) is 0. The monoisotopic (exact) mass is 240 g/mol. The van der Waals surface area contributed by atoms with Crippen LogP contribution in [0.5, 0.6) is 0 Å². The Kier molecular flexibility index (Phi) is 2.13. The number of aromatic carboxylic acids is 1. The SMILES string of the molecule is Cc1cc2c(C)nc3ccc(C(=O)[O-])cc3c2o1. The van der Waals surface area contributed by atoms with Crippen LogP contribution in [-0.4, -0.2) is 11.0 Å². The molecule has 0 amide bonds. The van der Waals surface area contributed by atoms with Crippen LogP contribution in [0.1, 0.15) is 21.8 Å². The van der Waals surface area contributed by atoms with Crippen LogP contribution in [0.2, 0.25) is 0 Å². The van der Waals surface area contributed by atoms with E-state index in [9.17, 15) is 9.90 Å². The Hall–Kier alpha value is -2.36. The second kappa shape index (κ2) is 3.57. The summed E-state index contributed by atoms with van der Waals surface area (Å²) in [7, 11) is 0. The molecule has 3 aromatic rings. The molecule has 4 heteroatoms. The summed E-state index contributed by atoms with van der Waals surface area (Å²) in [5.74, 6) is -0.421. The number of nitrogens with zero attached hydrogens (tertiary/aromatic N) is 1. The number of fused-ring (bicyclic) bond motifs is 3. The van der Waals surface area contributed by atoms with Crippen molar-refractivity contribution in [1.29, 1.82) is 0 Å². The molecule has 2 heterocycles. The largest absolute Gasteiger partial charge is 0.545 e. The van der Waals surface area contributed by atoms with Gasteiger partial charge in [0.2, 0.25) is 0 Å². The molecule has 0 radical (unpaired) electrons. The molecule has 0 aliphatic rings. The van der Waals surface area contributed by atoms with Crippen LogP contribution in [0.4, 0.5) is 0 Å². The molecule has 0 saturated heterocycles. The number of pyridine rings is 1. The molecule has 0 fully saturated rings. The van der Waals surface area contributed by atoms with Crippen LogP contribution in [-0.2, 0) is 0 Å². The maximum atomic E-state index is 10.9. The minimum Gasteiger partial charge on any atom is -0.545 e. The normalized spacial score (nSPS) is 11.2. The Bertz CT molecular complexity index is 786. The van der Waals surface area contributed by atoms with E-state index in [4.69, 9.17) is 4.42 Å². The molecule has 90 valence electrons. The predicted octanol–water partition coefficient (Wildman–Crippen LogP) is 1.96. The van der Waals surface area contributed by atoms with Crippen molar-refractivity contribution in [2.24, 2.45) is 0 Å². The maximum Gasteiger partial charge on any atom is 0.145 e. The Morgan fingerprint density at radius 1 is 1.22 bits per heavy atom. The summed E-state index contributed by atoms with van der Waals surface area (Å²) in [5, 5.41) is 12.5. The van der Waals surface area contributed by atoms with Gasteiger partial charge in [-0.15, -0.1) is 0 Å². The van der Waals surface area contributed by atoms with E-state index in [0.29, 0.717) is 11.0 Å². The van der Waals surface area contributed by atoms with Crippen molar-refractivity contribution in [3.63, 3.8) is 0 Å². The zero-order valence-electron chi connectivity index (χ0n) is 9.98. The molecular formula is C14H10NO3-. The summed E-state index contributed by atoms with van der Waals surface area (Å²) in [5.41, 5.74) is 2.40. The minimum atomic E-state index is -1.20. The number of rotatable bonds is 1. The van der Waals surface area contributed by atoms with E-state index in [2.05, 4.69) is 4.98 Å². The van der Waals surface area contributed by atoms with Gasteiger partial charge < -0.3 is 14.3 Å². The van der Waals surface area contributed by atoms with Gasteiger partial charge in [0.1, 0.15) is 11.3 Å². The first kappa shape index (κ1) is 10.8. The smallest absolute Gasteiger partial charge is 0.145 e. The third kappa shape index (κ3) is 1.46. The lowest BCUT2D eigenvalue weighted by atomic mass is 10.1. The van der Waals surface area contributed by atoms with Crippen molar-refractivity contribution in [2.45, 2.75) is 13.8 Å². The first-order valence-electron chi connectivity index (χ1n) is 5.58. The molecular weight excluding hydrogens is 230 g/mol. The lowest BCUT2D eigenvalue weighted by Crippen LogP contribution is -2.22. The van der Waals surface area contributed by atoms with Gasteiger partial charge in [0.25, 0.3) is 0 Å². The standard InChI is InChI=1S/C14H11NO3/c1-7-5-10-8(2)15-12-4-3-9(14(16)17)6-11(12)13(10)18-7/h3-6H,1-2H3,(H,16,17)/p-1. The Morgan fingerprint density at radius 2 is 2.00 bits per heavy atom. The fraction of sp³-hybridized carbons (Fsp3) is 0.143. The molecule has 0 spiro atoms. The third-order valence-electron chi connectivity index (χ3n) is 3.01. The van der Waals surface area contributed by atoms with Crippen molar-refractivity contribution in [3.05, 3.63) is 41.3 Å². The first-order valence-corrected chi connectivity index (χ1v) is 5.58. The highest BCUT2D eigenvalue weighted by molar-refractivity contribution is 6.05. The second-order valence-corrected chi connectivity index (χ2v) is 4.32. The molecule has 1 aromatic carbocycles. The number of carbonyl (C=O) groups is 1. The number of furan rings is 1. The molecule has 0 N–H and O–H groups in total. The van der Waals surface area contributed by atoms with Crippen molar-refractivity contribution in [3.8, 4) is 0 Å². The van der Waals surface area contributed by atoms with Crippen LogP contribution in [0.3, 0.4) is 0 Å². The Morgan fingerprint density at radius 3 is 2.72 bits per heavy atom. The zero-order valence-corrected chi connectivity index (χ0v) is 9.98. The van der Waals surface area contributed by atoms with Crippen molar-refractivity contribution < 1.29 is 14.3 Å². The van der Waals surface area contributed by atoms with E-state index in [1.807, 2.05) is 19.9 Å². The Labute approximate surface area is 103 Å². The highest BCUT2D eigenvalue weighted by atomic mass is 16.4. The average molecular weight is 240 g/mol. The Balaban J connectivity index is 2.49. The van der Waals surface area contributed by atoms with Gasteiger partial charge in [0.15, 0.2) is 0 Å². The van der Waals surface area contributed by atoms with E-state index in [0.717, 1.165) is 22.4 Å². The fourth-order valence-corrected chi connectivity index (χ4v) is 2.17. The average Bonchev–Trinajstić information content (AvgIpc) is 2.71. The fourth-order valence-electron chi connectivity index (χ4n) is 2.17. The summed E-state index contributed by atoms with van der Waals surface area (Å²) >= 11 is 0. The molecule has 0 saturated carbocycles. The van der Waals surface area contributed by atoms with Crippen LogP contribution in [0.25, 0.3) is 21.9 Å². The van der Waals surface area contributed by atoms with Crippen LogP contribution in [0, 0.1) is 13.8 Å². The number of carbonyl (C=O) groups excluding carboxylic acids is 1. The molecule has 3 rings (SSSR count). The number of aromatic nitrogens is 1. The highest BCUT2D eigenvalue weighted by Gasteiger charge is 2.10. The molecule has 0 atom stereocenters. The molecule has 2 aromatic heterocycles. The summed E-state index contributed by atoms with van der Waals surface area (Å²) < 4.78 is 5.64. The number of benzene rings is 1. The van der Waals surface area contributed by atoms with Gasteiger partial charge in [-0.3, -0.25) is 4.98 Å². The molecule has 0 aliphatic carbocycles. The number of hydrogen-bond acceptors (Lipinski definition) is 4. The molecule has 0 bridgehead atoms. The van der Waals surface area contributed by atoms with Crippen LogP contribution < -0.4 is 5.11 Å². The van der Waals surface area contributed by atoms with Crippen molar-refractivity contribution in [2.75, 3.05) is 0 Å². The van der Waals surface area contributed by atoms with E-state index in [-0.39, 0.29) is 5.56 Å². The zero-order chi connectivity index (χ0) is 12.9. The van der Waals surface area contributed by atoms with Gasteiger partial charge in [0, 0.05) is 16.5 Å². The van der Waals surface area contributed by atoms with Crippen molar-refractivity contribution >= 4 is 27.8 Å². The van der Waals surface area contributed by atoms with Gasteiger partial charge in [-0.25, -0.2) is 0 Å². The topological polar surface area (TPSA) is 66.2 Å². The number of hydrogen-bond donors (Lipinski definition) is 0. The van der Waals surface area contributed by atoms with E-state index in [1.54, 1.807) is 12.1 Å². The van der Waals surface area contributed by atoms with E-state index < -0.39 is 5.97 Å². The second-order valence-electron chi connectivity index (χ2n) is 4.32. The minimum absolute atomic E-state index is 0.128. The van der Waals surface area contributed by atoms with Crippen LogP contribution in [0.15, 0.2) is 28.7 Å². The molecule has 4 nitrogen and oxygen atoms in total. The van der Waals surface area contributed by atoms with Crippen molar-refractivity contribution in [1.82, 2.24) is 4.98 Å². The maximum absolute atomic E-state index is 10.9. The number of carboxylic acid groups (broad SMARTS) is 1. The number of aryl methyl sites for hydroxylation is 2. The molecule has 0 unspecified atom stereocenters. The highest BCUT2D eigenvalue weighted by Crippen LogP contribution is 2.29. The quantitative estimate of drug-likeness (QED) is 0.652. The van der Waals surface area contributed by atoms with E-state index in [1.165, 1.54) is 6.07 Å². The van der Waals surface area contributed by atoms with Gasteiger partial charge in [-0.05, 0) is 37.6 Å².